The third-order valence-electron chi connectivity index (χ3n) is 3.16. The highest BCUT2D eigenvalue weighted by Crippen LogP contribution is 2.39. The summed E-state index contributed by atoms with van der Waals surface area (Å²) in [6.45, 7) is -0.0543. The van der Waals surface area contributed by atoms with Gasteiger partial charge in [-0.1, -0.05) is 0 Å². The minimum atomic E-state index is -0.417. The molecular formula is C13H17BrO4. The maximum atomic E-state index is 9.78. The molecule has 4 nitrogen and oxygen atoms in total. The summed E-state index contributed by atoms with van der Waals surface area (Å²) in [6.07, 6.45) is 1.99. The molecule has 2 unspecified atom stereocenters. The first-order chi connectivity index (χ1) is 8.65. The summed E-state index contributed by atoms with van der Waals surface area (Å²) in [6, 6.07) is 3.53. The normalized spacial score (nSPS) is 23.1. The largest absolute Gasteiger partial charge is 0.493 e. The molecule has 0 aliphatic heterocycles. The average molecular weight is 317 g/mol. The highest BCUT2D eigenvalue weighted by atomic mass is 79.9. The Hall–Kier alpha value is -0.780. The van der Waals surface area contributed by atoms with Crippen LogP contribution >= 0.6 is 15.9 Å². The second-order valence-corrected chi connectivity index (χ2v) is 5.28. The molecule has 100 valence electrons. The fraction of sp³-hybridized carbons (Fsp3) is 0.538. The standard InChI is InChI=1S/C13H17BrO4/c1-17-12-6-8(7-15)5-9(14)13(12)18-11-4-2-3-10(11)16/h5-6,10-11,15-16H,2-4,7H2,1H3. The molecule has 2 N–H and O–H groups in total. The summed E-state index contributed by atoms with van der Waals surface area (Å²) in [5.41, 5.74) is 0.748. The van der Waals surface area contributed by atoms with Crippen LogP contribution in [0.1, 0.15) is 24.8 Å². The van der Waals surface area contributed by atoms with Crippen LogP contribution < -0.4 is 9.47 Å². The first-order valence-corrected chi connectivity index (χ1v) is 6.77. The lowest BCUT2D eigenvalue weighted by Gasteiger charge is -2.20. The Morgan fingerprint density at radius 2 is 2.17 bits per heavy atom. The molecular weight excluding hydrogens is 300 g/mol. The third-order valence-corrected chi connectivity index (χ3v) is 3.75. The van der Waals surface area contributed by atoms with Crippen LogP contribution in [0.2, 0.25) is 0 Å². The van der Waals surface area contributed by atoms with E-state index >= 15 is 0 Å². The Morgan fingerprint density at radius 1 is 1.39 bits per heavy atom. The van der Waals surface area contributed by atoms with E-state index in [4.69, 9.17) is 14.6 Å². The minimum absolute atomic E-state index is 0.0543. The van der Waals surface area contributed by atoms with E-state index in [1.54, 1.807) is 19.2 Å². The SMILES string of the molecule is COc1cc(CO)cc(Br)c1OC1CCCC1O. The summed E-state index contributed by atoms with van der Waals surface area (Å²) in [5, 5.41) is 18.9. The molecule has 5 heteroatoms. The van der Waals surface area contributed by atoms with Gasteiger partial charge in [0.05, 0.1) is 24.3 Å². The van der Waals surface area contributed by atoms with Gasteiger partial charge in [-0.25, -0.2) is 0 Å². The van der Waals surface area contributed by atoms with Crippen LogP contribution in [0.5, 0.6) is 11.5 Å². The van der Waals surface area contributed by atoms with Crippen LogP contribution in [-0.2, 0) is 6.61 Å². The van der Waals surface area contributed by atoms with Gasteiger partial charge in [0.1, 0.15) is 6.10 Å². The van der Waals surface area contributed by atoms with Gasteiger partial charge in [-0.15, -0.1) is 0 Å². The molecule has 0 radical (unpaired) electrons. The number of hydrogen-bond donors (Lipinski definition) is 2. The number of hydrogen-bond acceptors (Lipinski definition) is 4. The summed E-state index contributed by atoms with van der Waals surface area (Å²) < 4.78 is 11.8. The topological polar surface area (TPSA) is 58.9 Å². The Labute approximate surface area is 115 Å². The van der Waals surface area contributed by atoms with Gasteiger partial charge in [-0.2, -0.15) is 0 Å². The zero-order valence-corrected chi connectivity index (χ0v) is 11.8. The van der Waals surface area contributed by atoms with Gasteiger partial charge in [0.25, 0.3) is 0 Å². The molecule has 0 spiro atoms. The molecule has 0 saturated heterocycles. The first-order valence-electron chi connectivity index (χ1n) is 5.97. The van der Waals surface area contributed by atoms with Crippen molar-refractivity contribution in [3.63, 3.8) is 0 Å². The molecule has 1 aliphatic carbocycles. The number of benzene rings is 1. The zero-order chi connectivity index (χ0) is 13.1. The van der Waals surface area contributed by atoms with Crippen molar-refractivity contribution in [2.45, 2.75) is 38.1 Å². The lowest BCUT2D eigenvalue weighted by Crippen LogP contribution is -2.26. The lowest BCUT2D eigenvalue weighted by atomic mass is 10.2. The number of aliphatic hydroxyl groups is 2. The number of methoxy groups -OCH3 is 1. The highest BCUT2D eigenvalue weighted by Gasteiger charge is 2.28. The number of aliphatic hydroxyl groups excluding tert-OH is 2. The van der Waals surface area contributed by atoms with Gasteiger partial charge in [0, 0.05) is 0 Å². The van der Waals surface area contributed by atoms with E-state index in [9.17, 15) is 5.11 Å². The van der Waals surface area contributed by atoms with E-state index in [-0.39, 0.29) is 12.7 Å². The Kier molecular flexibility index (Phi) is 4.48. The fourth-order valence-corrected chi connectivity index (χ4v) is 2.76. The minimum Gasteiger partial charge on any atom is -0.493 e. The molecule has 0 bridgehead atoms. The van der Waals surface area contributed by atoms with E-state index < -0.39 is 6.10 Å². The smallest absolute Gasteiger partial charge is 0.175 e. The fourth-order valence-electron chi connectivity index (χ4n) is 2.17. The molecule has 1 fully saturated rings. The predicted octanol–water partition coefficient (Wildman–Crippen LogP) is 2.24. The average Bonchev–Trinajstić information content (AvgIpc) is 2.77. The van der Waals surface area contributed by atoms with Gasteiger partial charge < -0.3 is 19.7 Å². The third kappa shape index (κ3) is 2.79. The Bertz CT molecular complexity index is 422. The molecule has 1 aromatic rings. The number of halogens is 1. The summed E-state index contributed by atoms with van der Waals surface area (Å²) in [5.74, 6) is 1.15. The van der Waals surface area contributed by atoms with Crippen LogP contribution in [0.25, 0.3) is 0 Å². The van der Waals surface area contributed by atoms with Gasteiger partial charge >= 0.3 is 0 Å². The molecule has 0 amide bonds. The summed E-state index contributed by atoms with van der Waals surface area (Å²) in [7, 11) is 1.56. The number of ether oxygens (including phenoxy) is 2. The van der Waals surface area contributed by atoms with Crippen molar-refractivity contribution in [3.8, 4) is 11.5 Å². The van der Waals surface area contributed by atoms with Crippen LogP contribution in [0.3, 0.4) is 0 Å². The second-order valence-electron chi connectivity index (χ2n) is 4.42. The van der Waals surface area contributed by atoms with Crippen molar-refractivity contribution < 1.29 is 19.7 Å². The van der Waals surface area contributed by atoms with Crippen molar-refractivity contribution in [1.82, 2.24) is 0 Å². The highest BCUT2D eigenvalue weighted by molar-refractivity contribution is 9.10. The molecule has 1 saturated carbocycles. The van der Waals surface area contributed by atoms with Crippen molar-refractivity contribution >= 4 is 15.9 Å². The second kappa shape index (κ2) is 5.91. The van der Waals surface area contributed by atoms with Crippen molar-refractivity contribution in [3.05, 3.63) is 22.2 Å². The van der Waals surface area contributed by atoms with Gasteiger partial charge in [0.15, 0.2) is 11.5 Å². The van der Waals surface area contributed by atoms with Crippen LogP contribution in [-0.4, -0.2) is 29.5 Å². The monoisotopic (exact) mass is 316 g/mol. The molecule has 1 aliphatic rings. The van der Waals surface area contributed by atoms with Crippen molar-refractivity contribution in [2.24, 2.45) is 0 Å². The van der Waals surface area contributed by atoms with Gasteiger partial charge in [-0.3, -0.25) is 0 Å². The molecule has 0 aromatic heterocycles. The van der Waals surface area contributed by atoms with E-state index in [0.717, 1.165) is 29.3 Å². The molecule has 1 aromatic carbocycles. The van der Waals surface area contributed by atoms with E-state index in [1.807, 2.05) is 0 Å². The maximum absolute atomic E-state index is 9.78. The molecule has 2 atom stereocenters. The zero-order valence-electron chi connectivity index (χ0n) is 10.2. The first kappa shape index (κ1) is 13.6. The lowest BCUT2D eigenvalue weighted by molar-refractivity contribution is 0.0580. The van der Waals surface area contributed by atoms with Crippen LogP contribution in [0, 0.1) is 0 Å². The molecule has 0 heterocycles. The Balaban J connectivity index is 2.25. The Morgan fingerprint density at radius 3 is 2.72 bits per heavy atom. The van der Waals surface area contributed by atoms with Crippen molar-refractivity contribution in [2.75, 3.05) is 7.11 Å². The quantitative estimate of drug-likeness (QED) is 0.894. The predicted molar refractivity (Wildman–Crippen MR) is 70.9 cm³/mol. The van der Waals surface area contributed by atoms with E-state index in [0.29, 0.717) is 11.5 Å². The van der Waals surface area contributed by atoms with E-state index in [2.05, 4.69) is 15.9 Å². The van der Waals surface area contributed by atoms with Crippen LogP contribution in [0.4, 0.5) is 0 Å². The summed E-state index contributed by atoms with van der Waals surface area (Å²) in [4.78, 5) is 0. The van der Waals surface area contributed by atoms with Crippen LogP contribution in [0.15, 0.2) is 16.6 Å². The van der Waals surface area contributed by atoms with E-state index in [1.165, 1.54) is 0 Å². The maximum Gasteiger partial charge on any atom is 0.175 e. The molecule has 18 heavy (non-hydrogen) atoms. The number of rotatable bonds is 4. The van der Waals surface area contributed by atoms with Crippen molar-refractivity contribution in [1.29, 1.82) is 0 Å². The summed E-state index contributed by atoms with van der Waals surface area (Å²) >= 11 is 3.41. The molecule has 2 rings (SSSR count). The van der Waals surface area contributed by atoms with Gasteiger partial charge in [0.2, 0.25) is 0 Å². The van der Waals surface area contributed by atoms with Gasteiger partial charge in [-0.05, 0) is 52.9 Å².